The van der Waals surface area contributed by atoms with Crippen molar-refractivity contribution in [1.82, 2.24) is 10.8 Å². The highest BCUT2D eigenvalue weighted by Gasteiger charge is 2.29. The predicted molar refractivity (Wildman–Crippen MR) is 45.3 cm³/mol. The predicted octanol–water partition coefficient (Wildman–Crippen LogP) is 0.0521. The van der Waals surface area contributed by atoms with E-state index in [1.54, 1.807) is 0 Å². The van der Waals surface area contributed by atoms with Gasteiger partial charge in [-0.15, -0.1) is 0 Å². The van der Waals surface area contributed by atoms with Crippen molar-refractivity contribution in [2.75, 3.05) is 13.2 Å². The minimum atomic E-state index is -0.00523. The molecule has 0 radical (unpaired) electrons. The Morgan fingerprint density at radius 2 is 2.50 bits per heavy atom. The summed E-state index contributed by atoms with van der Waals surface area (Å²) in [7, 11) is 0. The van der Waals surface area contributed by atoms with Crippen molar-refractivity contribution in [2.24, 2.45) is 5.92 Å². The molecular weight excluding hydrogens is 156 g/mol. The Morgan fingerprint density at radius 3 is 3.00 bits per heavy atom. The second-order valence-electron chi connectivity index (χ2n) is 3.04. The van der Waals surface area contributed by atoms with Gasteiger partial charge in [0.25, 0.3) is 0 Å². The molecular formula is C8H16N2O2. The lowest BCUT2D eigenvalue weighted by atomic mass is 10.0. The van der Waals surface area contributed by atoms with Gasteiger partial charge in [0.05, 0.1) is 12.5 Å². The molecule has 70 valence electrons. The van der Waals surface area contributed by atoms with Gasteiger partial charge in [-0.3, -0.25) is 9.63 Å². The number of rotatable bonds is 3. The van der Waals surface area contributed by atoms with Crippen molar-refractivity contribution in [2.45, 2.75) is 26.3 Å². The highest BCUT2D eigenvalue weighted by Crippen LogP contribution is 2.14. The number of carbonyl (C=O) groups excluding carboxylic acids is 1. The summed E-state index contributed by atoms with van der Waals surface area (Å²) in [5.41, 5.74) is 2.43. The standard InChI is InChI=1S/C8H16N2O2/c1-3-12-10-8(11)7-4-5-9-6(7)2/h6-7,9H,3-5H2,1-2H3,(H,10,11). The third-order valence-electron chi connectivity index (χ3n) is 2.18. The molecule has 2 atom stereocenters. The van der Waals surface area contributed by atoms with Gasteiger partial charge in [0, 0.05) is 6.04 Å². The largest absolute Gasteiger partial charge is 0.313 e. The molecule has 1 aliphatic heterocycles. The van der Waals surface area contributed by atoms with Gasteiger partial charge in [-0.1, -0.05) is 0 Å². The molecule has 1 rings (SSSR count). The van der Waals surface area contributed by atoms with E-state index in [2.05, 4.69) is 10.8 Å². The molecule has 0 aliphatic carbocycles. The lowest BCUT2D eigenvalue weighted by Crippen LogP contribution is -2.36. The average Bonchev–Trinajstić information content (AvgIpc) is 2.47. The van der Waals surface area contributed by atoms with E-state index in [9.17, 15) is 4.79 Å². The van der Waals surface area contributed by atoms with E-state index in [4.69, 9.17) is 4.84 Å². The normalized spacial score (nSPS) is 28.8. The quantitative estimate of drug-likeness (QED) is 0.591. The van der Waals surface area contributed by atoms with Crippen LogP contribution in [0.15, 0.2) is 0 Å². The Bertz CT molecular complexity index is 161. The maximum atomic E-state index is 11.3. The van der Waals surface area contributed by atoms with Crippen LogP contribution in [0.5, 0.6) is 0 Å². The van der Waals surface area contributed by atoms with Crippen LogP contribution in [0.1, 0.15) is 20.3 Å². The number of nitrogens with one attached hydrogen (secondary N) is 2. The van der Waals surface area contributed by atoms with Crippen LogP contribution in [0.3, 0.4) is 0 Å². The summed E-state index contributed by atoms with van der Waals surface area (Å²) < 4.78 is 0. The van der Waals surface area contributed by atoms with Crippen molar-refractivity contribution in [3.8, 4) is 0 Å². The van der Waals surface area contributed by atoms with Gasteiger partial charge in [-0.25, -0.2) is 5.48 Å². The van der Waals surface area contributed by atoms with Crippen LogP contribution in [-0.4, -0.2) is 25.1 Å². The van der Waals surface area contributed by atoms with Gasteiger partial charge < -0.3 is 5.32 Å². The molecule has 4 heteroatoms. The average molecular weight is 172 g/mol. The smallest absolute Gasteiger partial charge is 0.248 e. The monoisotopic (exact) mass is 172 g/mol. The summed E-state index contributed by atoms with van der Waals surface area (Å²) in [6.45, 7) is 5.30. The molecule has 4 nitrogen and oxygen atoms in total. The van der Waals surface area contributed by atoms with Crippen molar-refractivity contribution in [3.05, 3.63) is 0 Å². The van der Waals surface area contributed by atoms with E-state index < -0.39 is 0 Å². The van der Waals surface area contributed by atoms with Gasteiger partial charge in [0.1, 0.15) is 0 Å². The van der Waals surface area contributed by atoms with E-state index in [0.29, 0.717) is 6.61 Å². The number of amides is 1. The van der Waals surface area contributed by atoms with Crippen LogP contribution in [0.4, 0.5) is 0 Å². The van der Waals surface area contributed by atoms with Crippen molar-refractivity contribution in [3.63, 3.8) is 0 Å². The molecule has 0 bridgehead atoms. The molecule has 1 heterocycles. The fourth-order valence-electron chi connectivity index (χ4n) is 1.44. The zero-order valence-corrected chi connectivity index (χ0v) is 7.59. The molecule has 0 spiro atoms. The summed E-state index contributed by atoms with van der Waals surface area (Å²) >= 11 is 0. The molecule has 0 saturated carbocycles. The molecule has 1 amide bonds. The number of carbonyl (C=O) groups is 1. The number of hydroxylamine groups is 1. The van der Waals surface area contributed by atoms with Gasteiger partial charge in [-0.2, -0.15) is 0 Å². The van der Waals surface area contributed by atoms with Crippen LogP contribution in [0.25, 0.3) is 0 Å². The first-order chi connectivity index (χ1) is 5.75. The topological polar surface area (TPSA) is 50.4 Å². The molecule has 2 N–H and O–H groups in total. The lowest BCUT2D eigenvalue weighted by Gasteiger charge is -2.13. The summed E-state index contributed by atoms with van der Waals surface area (Å²) in [6.07, 6.45) is 0.903. The SMILES string of the molecule is CCONC(=O)C1CCNC1C. The second kappa shape index (κ2) is 4.42. The summed E-state index contributed by atoms with van der Waals surface area (Å²) in [5.74, 6) is 0.0610. The van der Waals surface area contributed by atoms with Crippen LogP contribution in [0.2, 0.25) is 0 Å². The van der Waals surface area contributed by atoms with Crippen molar-refractivity contribution in [1.29, 1.82) is 0 Å². The van der Waals surface area contributed by atoms with Gasteiger partial charge >= 0.3 is 0 Å². The number of hydrogen-bond donors (Lipinski definition) is 2. The van der Waals surface area contributed by atoms with Gasteiger partial charge in [0.15, 0.2) is 0 Å². The van der Waals surface area contributed by atoms with Crippen LogP contribution in [-0.2, 0) is 9.63 Å². The molecule has 1 fully saturated rings. The zero-order valence-electron chi connectivity index (χ0n) is 7.59. The Kier molecular flexibility index (Phi) is 3.49. The highest BCUT2D eigenvalue weighted by atomic mass is 16.6. The molecule has 0 aromatic rings. The molecule has 1 aliphatic rings. The second-order valence-corrected chi connectivity index (χ2v) is 3.04. The molecule has 0 aromatic carbocycles. The minimum absolute atomic E-state index is 0.00523. The first-order valence-electron chi connectivity index (χ1n) is 4.40. The minimum Gasteiger partial charge on any atom is -0.313 e. The third kappa shape index (κ3) is 2.19. The third-order valence-corrected chi connectivity index (χ3v) is 2.18. The molecule has 2 unspecified atom stereocenters. The van der Waals surface area contributed by atoms with Crippen molar-refractivity contribution >= 4 is 5.91 Å². The Balaban J connectivity index is 2.30. The Hall–Kier alpha value is -0.610. The summed E-state index contributed by atoms with van der Waals surface area (Å²) in [5, 5.41) is 3.21. The van der Waals surface area contributed by atoms with E-state index in [0.717, 1.165) is 13.0 Å². The first-order valence-corrected chi connectivity index (χ1v) is 4.40. The van der Waals surface area contributed by atoms with Gasteiger partial charge in [0.2, 0.25) is 5.91 Å². The van der Waals surface area contributed by atoms with Crippen molar-refractivity contribution < 1.29 is 9.63 Å². The van der Waals surface area contributed by atoms with E-state index in [1.807, 2.05) is 13.8 Å². The summed E-state index contributed by atoms with van der Waals surface area (Å²) in [4.78, 5) is 16.2. The van der Waals surface area contributed by atoms with Crippen LogP contribution in [0, 0.1) is 5.92 Å². The fourth-order valence-corrected chi connectivity index (χ4v) is 1.44. The number of hydrogen-bond acceptors (Lipinski definition) is 3. The van der Waals surface area contributed by atoms with Crippen LogP contribution < -0.4 is 10.8 Å². The van der Waals surface area contributed by atoms with E-state index >= 15 is 0 Å². The fraction of sp³-hybridized carbons (Fsp3) is 0.875. The maximum Gasteiger partial charge on any atom is 0.248 e. The molecule has 0 aromatic heterocycles. The molecule has 12 heavy (non-hydrogen) atoms. The van der Waals surface area contributed by atoms with Gasteiger partial charge in [-0.05, 0) is 26.8 Å². The highest BCUT2D eigenvalue weighted by molar-refractivity contribution is 5.78. The Morgan fingerprint density at radius 1 is 1.75 bits per heavy atom. The Labute approximate surface area is 72.6 Å². The zero-order chi connectivity index (χ0) is 8.97. The summed E-state index contributed by atoms with van der Waals surface area (Å²) in [6, 6.07) is 0.269. The molecule has 1 saturated heterocycles. The van der Waals surface area contributed by atoms with E-state index in [1.165, 1.54) is 0 Å². The maximum absolute atomic E-state index is 11.3. The van der Waals surface area contributed by atoms with Crippen LogP contribution >= 0.6 is 0 Å². The van der Waals surface area contributed by atoms with E-state index in [-0.39, 0.29) is 17.9 Å². The first kappa shape index (κ1) is 9.48. The lowest BCUT2D eigenvalue weighted by molar-refractivity contribution is -0.137.